The summed E-state index contributed by atoms with van der Waals surface area (Å²) in [5.41, 5.74) is 7.42. The Kier molecular flexibility index (Phi) is 7.78. The van der Waals surface area contributed by atoms with Crippen molar-refractivity contribution in [3.8, 4) is 5.75 Å². The van der Waals surface area contributed by atoms with E-state index in [-0.39, 0.29) is 11.7 Å². The molecule has 0 unspecified atom stereocenters. The molecule has 10 heteroatoms. The second-order valence-corrected chi connectivity index (χ2v) is 6.41. The molecule has 32 heavy (non-hydrogen) atoms. The number of halogens is 3. The lowest BCUT2D eigenvalue weighted by Crippen LogP contribution is -2.21. The van der Waals surface area contributed by atoms with Crippen molar-refractivity contribution in [3.63, 3.8) is 0 Å². The van der Waals surface area contributed by atoms with E-state index in [1.54, 1.807) is 18.2 Å². The number of fused-ring (bicyclic) bond motifs is 1. The Morgan fingerprint density at radius 2 is 1.59 bits per heavy atom. The van der Waals surface area contributed by atoms with E-state index in [0.717, 1.165) is 16.5 Å². The molecule has 168 valence electrons. The molecule has 0 spiro atoms. The lowest BCUT2D eigenvalue weighted by molar-refractivity contribution is -0.192. The van der Waals surface area contributed by atoms with E-state index in [9.17, 15) is 18.0 Å². The Morgan fingerprint density at radius 3 is 2.12 bits per heavy atom. The molecule has 0 fully saturated rings. The third-order valence-electron chi connectivity index (χ3n) is 4.06. The molecule has 1 amide bonds. The maximum Gasteiger partial charge on any atom is 0.490 e. The largest absolute Gasteiger partial charge is 0.494 e. The highest BCUT2D eigenvalue weighted by molar-refractivity contribution is 6.07. The fourth-order valence-corrected chi connectivity index (χ4v) is 2.59. The first-order valence-electron chi connectivity index (χ1n) is 9.23. The van der Waals surface area contributed by atoms with Crippen molar-refractivity contribution in [1.29, 1.82) is 5.41 Å². The normalized spacial score (nSPS) is 10.6. The van der Waals surface area contributed by atoms with Gasteiger partial charge in [-0.2, -0.15) is 13.2 Å². The number of carboxylic acids is 1. The minimum absolute atomic E-state index is 0.0258. The average Bonchev–Trinajstić information content (AvgIpc) is 2.73. The van der Waals surface area contributed by atoms with Gasteiger partial charge in [0, 0.05) is 22.9 Å². The summed E-state index contributed by atoms with van der Waals surface area (Å²) in [5.74, 6) is -2.20. The minimum Gasteiger partial charge on any atom is -0.494 e. The lowest BCUT2D eigenvalue weighted by atomic mass is 10.0. The van der Waals surface area contributed by atoms with E-state index in [4.69, 9.17) is 25.8 Å². The van der Waals surface area contributed by atoms with Crippen LogP contribution in [0.15, 0.2) is 60.7 Å². The van der Waals surface area contributed by atoms with E-state index < -0.39 is 12.1 Å². The smallest absolute Gasteiger partial charge is 0.490 e. The highest BCUT2D eigenvalue weighted by Gasteiger charge is 2.38. The van der Waals surface area contributed by atoms with Crippen LogP contribution < -0.4 is 15.8 Å². The van der Waals surface area contributed by atoms with Gasteiger partial charge in [0.25, 0.3) is 5.91 Å². The molecule has 0 aromatic heterocycles. The van der Waals surface area contributed by atoms with E-state index in [2.05, 4.69) is 5.32 Å². The number of nitrogen functional groups attached to an aromatic ring is 1. The molecule has 0 aliphatic heterocycles. The van der Waals surface area contributed by atoms with Crippen molar-refractivity contribution in [3.05, 3.63) is 71.8 Å². The Morgan fingerprint density at radius 1 is 1.03 bits per heavy atom. The maximum absolute atomic E-state index is 12.5. The van der Waals surface area contributed by atoms with Crippen LogP contribution in [0.1, 0.15) is 22.8 Å². The third-order valence-corrected chi connectivity index (χ3v) is 4.06. The number of amides is 1. The second kappa shape index (κ2) is 10.3. The predicted molar refractivity (Wildman–Crippen MR) is 114 cm³/mol. The standard InChI is InChI=1S/C20H19N3O2.C2HF3O2/c1-2-25-18-5-3-4-17(12-18)23-20(24)16-9-7-13-10-15(19(21)22)8-6-14(13)11-16;3-2(4,5)1(6)7/h3-12H,2H2,1H3,(H3,21,22)(H,23,24);(H,6,7). The molecule has 0 heterocycles. The second-order valence-electron chi connectivity index (χ2n) is 6.41. The quantitative estimate of drug-likeness (QED) is 0.341. The number of rotatable bonds is 5. The van der Waals surface area contributed by atoms with E-state index in [1.807, 2.05) is 49.4 Å². The number of anilines is 1. The van der Waals surface area contributed by atoms with Crippen LogP contribution in [0, 0.1) is 5.41 Å². The molecule has 3 rings (SSSR count). The molecule has 0 saturated heterocycles. The number of aliphatic carboxylic acids is 1. The third kappa shape index (κ3) is 6.73. The highest BCUT2D eigenvalue weighted by atomic mass is 19.4. The number of alkyl halides is 3. The van der Waals surface area contributed by atoms with E-state index in [0.29, 0.717) is 23.4 Å². The fourth-order valence-electron chi connectivity index (χ4n) is 2.59. The Balaban J connectivity index is 0.000000451. The van der Waals surface area contributed by atoms with Gasteiger partial charge in [-0.3, -0.25) is 10.2 Å². The number of nitrogens with one attached hydrogen (secondary N) is 2. The van der Waals surface area contributed by atoms with Gasteiger partial charge in [-0.15, -0.1) is 0 Å². The zero-order valence-electron chi connectivity index (χ0n) is 16.9. The molecule has 0 atom stereocenters. The van der Waals surface area contributed by atoms with E-state index in [1.165, 1.54) is 0 Å². The molecule has 3 aromatic carbocycles. The molecule has 0 aliphatic carbocycles. The maximum atomic E-state index is 12.5. The van der Waals surface area contributed by atoms with Crippen LogP contribution in [0.4, 0.5) is 18.9 Å². The van der Waals surface area contributed by atoms with Crippen molar-refractivity contribution >= 4 is 34.2 Å². The summed E-state index contributed by atoms with van der Waals surface area (Å²) >= 11 is 0. The SMILES string of the molecule is CCOc1cccc(NC(=O)c2ccc3cc(C(=N)N)ccc3c2)c1.O=C(O)C(F)(F)F. The van der Waals surface area contributed by atoms with Crippen LogP contribution in [0.5, 0.6) is 5.75 Å². The number of carboxylic acid groups (broad SMARTS) is 1. The van der Waals surface area contributed by atoms with Gasteiger partial charge in [0.15, 0.2) is 0 Å². The molecular weight excluding hydrogens is 427 g/mol. The monoisotopic (exact) mass is 447 g/mol. The van der Waals surface area contributed by atoms with Crippen molar-refractivity contribution in [2.45, 2.75) is 13.1 Å². The number of ether oxygens (including phenoxy) is 1. The van der Waals surface area contributed by atoms with Gasteiger partial charge >= 0.3 is 12.1 Å². The summed E-state index contributed by atoms with van der Waals surface area (Å²) in [5, 5.41) is 19.4. The summed E-state index contributed by atoms with van der Waals surface area (Å²) in [6.45, 7) is 2.49. The first kappa shape index (κ1) is 24.2. The van der Waals surface area contributed by atoms with Crippen LogP contribution in [-0.2, 0) is 4.79 Å². The number of carbonyl (C=O) groups excluding carboxylic acids is 1. The van der Waals surface area contributed by atoms with Gasteiger partial charge in [-0.25, -0.2) is 4.79 Å². The molecule has 3 aromatic rings. The van der Waals surface area contributed by atoms with Crippen molar-refractivity contribution in [2.24, 2.45) is 5.73 Å². The highest BCUT2D eigenvalue weighted by Crippen LogP contribution is 2.21. The van der Waals surface area contributed by atoms with Crippen molar-refractivity contribution in [2.75, 3.05) is 11.9 Å². The number of hydrogen-bond donors (Lipinski definition) is 4. The summed E-state index contributed by atoms with van der Waals surface area (Å²) in [4.78, 5) is 21.4. The van der Waals surface area contributed by atoms with Crippen LogP contribution in [0.3, 0.4) is 0 Å². The van der Waals surface area contributed by atoms with Gasteiger partial charge in [0.05, 0.1) is 6.61 Å². The Bertz CT molecular complexity index is 1150. The molecule has 7 nitrogen and oxygen atoms in total. The first-order valence-corrected chi connectivity index (χ1v) is 9.23. The van der Waals surface area contributed by atoms with Gasteiger partial charge in [-0.05, 0) is 48.0 Å². The lowest BCUT2D eigenvalue weighted by Gasteiger charge is -2.09. The van der Waals surface area contributed by atoms with Crippen molar-refractivity contribution in [1.82, 2.24) is 0 Å². The van der Waals surface area contributed by atoms with Crippen LogP contribution >= 0.6 is 0 Å². The Hall–Kier alpha value is -4.08. The minimum atomic E-state index is -5.08. The Labute approximate surface area is 181 Å². The van der Waals surface area contributed by atoms with Crippen LogP contribution in [0.2, 0.25) is 0 Å². The van der Waals surface area contributed by atoms with Gasteiger partial charge < -0.3 is 20.9 Å². The summed E-state index contributed by atoms with van der Waals surface area (Å²) in [7, 11) is 0. The van der Waals surface area contributed by atoms with Crippen molar-refractivity contribution < 1.29 is 32.6 Å². The van der Waals surface area contributed by atoms with Gasteiger partial charge in [0.1, 0.15) is 11.6 Å². The zero-order chi connectivity index (χ0) is 23.9. The number of carbonyl (C=O) groups is 2. The summed E-state index contributed by atoms with van der Waals surface area (Å²) < 4.78 is 37.2. The number of benzene rings is 3. The predicted octanol–water partition coefficient (Wildman–Crippen LogP) is 4.41. The zero-order valence-corrected chi connectivity index (χ0v) is 16.9. The first-order chi connectivity index (χ1) is 15.0. The van der Waals surface area contributed by atoms with Crippen LogP contribution in [-0.4, -0.2) is 35.6 Å². The van der Waals surface area contributed by atoms with Gasteiger partial charge in [0.2, 0.25) is 0 Å². The van der Waals surface area contributed by atoms with E-state index >= 15 is 0 Å². The topological polar surface area (TPSA) is 126 Å². The summed E-state index contributed by atoms with van der Waals surface area (Å²) in [6, 6.07) is 18.2. The van der Waals surface area contributed by atoms with Crippen LogP contribution in [0.25, 0.3) is 10.8 Å². The fraction of sp³-hybridized carbons (Fsp3) is 0.136. The van der Waals surface area contributed by atoms with Gasteiger partial charge in [-0.1, -0.05) is 24.3 Å². The molecule has 0 radical (unpaired) electrons. The number of hydrogen-bond acceptors (Lipinski definition) is 4. The molecule has 0 bridgehead atoms. The molecular formula is C22H20F3N3O4. The molecule has 0 aliphatic rings. The number of amidine groups is 1. The number of nitrogens with two attached hydrogens (primary N) is 1. The molecule has 0 saturated carbocycles. The molecule has 5 N–H and O–H groups in total. The average molecular weight is 447 g/mol. The summed E-state index contributed by atoms with van der Waals surface area (Å²) in [6.07, 6.45) is -5.08.